The first kappa shape index (κ1) is 19.5. The van der Waals surface area contributed by atoms with Gasteiger partial charge in [0.15, 0.2) is 11.6 Å². The number of likely N-dealkylation sites (N-methyl/N-ethyl adjacent to an activating group) is 1. The van der Waals surface area contributed by atoms with Crippen LogP contribution in [0.1, 0.15) is 22.4 Å². The van der Waals surface area contributed by atoms with Crippen LogP contribution in [0.25, 0.3) is 0 Å². The van der Waals surface area contributed by atoms with Gasteiger partial charge in [-0.15, -0.1) is 0 Å². The van der Waals surface area contributed by atoms with E-state index in [0.717, 1.165) is 16.8 Å². The van der Waals surface area contributed by atoms with E-state index in [9.17, 15) is 9.59 Å². The number of primary amides is 1. The minimum Gasteiger partial charge on any atom is -0.367 e. The SMILES string of the molecule is Cc1ccc(C2(C(N)=O)NC=NC2C(=O)N(C)CCc2ccccn2)c(C)c1. The molecule has 146 valence electrons. The maximum absolute atomic E-state index is 13.2. The van der Waals surface area contributed by atoms with Crippen molar-refractivity contribution in [3.63, 3.8) is 0 Å². The van der Waals surface area contributed by atoms with Crippen LogP contribution in [0.15, 0.2) is 47.6 Å². The number of rotatable bonds is 6. The molecule has 2 atom stereocenters. The van der Waals surface area contributed by atoms with Crippen molar-refractivity contribution in [2.45, 2.75) is 31.8 Å². The fourth-order valence-electron chi connectivity index (χ4n) is 3.62. The van der Waals surface area contributed by atoms with Crippen molar-refractivity contribution >= 4 is 18.2 Å². The minimum atomic E-state index is -1.39. The van der Waals surface area contributed by atoms with Gasteiger partial charge in [-0.3, -0.25) is 19.6 Å². The molecule has 0 saturated heterocycles. The van der Waals surface area contributed by atoms with Crippen LogP contribution in [0.5, 0.6) is 0 Å². The number of carbonyl (C=O) groups excluding carboxylic acids is 2. The van der Waals surface area contributed by atoms with Crippen molar-refractivity contribution in [2.75, 3.05) is 13.6 Å². The lowest BCUT2D eigenvalue weighted by Gasteiger charge is -2.34. The first-order chi connectivity index (χ1) is 13.4. The molecular formula is C21H25N5O2. The number of carbonyl (C=O) groups is 2. The number of aromatic nitrogens is 1. The van der Waals surface area contributed by atoms with E-state index in [0.29, 0.717) is 18.5 Å². The zero-order valence-corrected chi connectivity index (χ0v) is 16.3. The smallest absolute Gasteiger partial charge is 0.250 e. The summed E-state index contributed by atoms with van der Waals surface area (Å²) in [5.41, 5.74) is 7.91. The first-order valence-electron chi connectivity index (χ1n) is 9.18. The number of hydrogen-bond acceptors (Lipinski definition) is 5. The third-order valence-electron chi connectivity index (χ3n) is 5.16. The summed E-state index contributed by atoms with van der Waals surface area (Å²) in [6, 6.07) is 10.4. The van der Waals surface area contributed by atoms with Crippen molar-refractivity contribution in [2.24, 2.45) is 10.7 Å². The van der Waals surface area contributed by atoms with E-state index in [-0.39, 0.29) is 5.91 Å². The molecule has 0 radical (unpaired) electrons. The molecule has 2 aromatic rings. The summed E-state index contributed by atoms with van der Waals surface area (Å²) in [6.45, 7) is 4.34. The number of hydrogen-bond donors (Lipinski definition) is 2. The van der Waals surface area contributed by atoms with Gasteiger partial charge < -0.3 is 16.0 Å². The third-order valence-corrected chi connectivity index (χ3v) is 5.16. The number of nitrogens with zero attached hydrogens (tertiary/aromatic N) is 3. The zero-order valence-electron chi connectivity index (χ0n) is 16.3. The molecule has 7 nitrogen and oxygen atoms in total. The Morgan fingerprint density at radius 1 is 1.25 bits per heavy atom. The predicted molar refractivity (Wildman–Crippen MR) is 108 cm³/mol. The lowest BCUT2D eigenvalue weighted by Crippen LogP contribution is -2.60. The summed E-state index contributed by atoms with van der Waals surface area (Å²) in [5.74, 6) is -0.899. The van der Waals surface area contributed by atoms with Crippen molar-refractivity contribution in [3.05, 3.63) is 65.0 Å². The Hall–Kier alpha value is -3.22. The quantitative estimate of drug-likeness (QED) is 0.784. The number of benzene rings is 1. The van der Waals surface area contributed by atoms with E-state index < -0.39 is 17.5 Å². The van der Waals surface area contributed by atoms with E-state index >= 15 is 0 Å². The highest BCUT2D eigenvalue weighted by atomic mass is 16.2. The Morgan fingerprint density at radius 3 is 2.68 bits per heavy atom. The van der Waals surface area contributed by atoms with E-state index in [4.69, 9.17) is 5.73 Å². The van der Waals surface area contributed by atoms with Gasteiger partial charge in [-0.1, -0.05) is 29.8 Å². The standard InChI is InChI=1S/C21H25N5O2/c1-14-7-8-17(15(2)12-14)21(20(22)28)18(24-13-25-21)19(27)26(3)11-9-16-6-4-5-10-23-16/h4-8,10,12-13,18H,9,11H2,1-3H3,(H2,22,28)(H,24,25). The van der Waals surface area contributed by atoms with Crippen LogP contribution in [0.4, 0.5) is 0 Å². The molecule has 28 heavy (non-hydrogen) atoms. The molecule has 3 N–H and O–H groups in total. The lowest BCUT2D eigenvalue weighted by atomic mass is 9.79. The molecule has 2 heterocycles. The molecule has 1 aromatic carbocycles. The van der Waals surface area contributed by atoms with Gasteiger partial charge in [0.1, 0.15) is 0 Å². The average Bonchev–Trinajstić information content (AvgIpc) is 3.12. The maximum Gasteiger partial charge on any atom is 0.250 e. The largest absolute Gasteiger partial charge is 0.367 e. The number of pyridine rings is 1. The molecule has 7 heteroatoms. The molecule has 1 aromatic heterocycles. The van der Waals surface area contributed by atoms with Gasteiger partial charge in [-0.05, 0) is 37.1 Å². The number of aryl methyl sites for hydroxylation is 2. The molecule has 0 fully saturated rings. The van der Waals surface area contributed by atoms with E-state index in [2.05, 4.69) is 15.3 Å². The Labute approximate surface area is 164 Å². The molecular weight excluding hydrogens is 354 g/mol. The Kier molecular flexibility index (Phi) is 5.44. The second kappa shape index (κ2) is 7.80. The van der Waals surface area contributed by atoms with Crippen LogP contribution in [0.3, 0.4) is 0 Å². The van der Waals surface area contributed by atoms with E-state index in [1.807, 2.05) is 50.2 Å². The van der Waals surface area contributed by atoms with Crippen LogP contribution in [-0.2, 0) is 21.5 Å². The van der Waals surface area contributed by atoms with Crippen molar-refractivity contribution in [3.8, 4) is 0 Å². The van der Waals surface area contributed by atoms with Crippen molar-refractivity contribution < 1.29 is 9.59 Å². The maximum atomic E-state index is 13.2. The second-order valence-electron chi connectivity index (χ2n) is 7.15. The molecule has 0 spiro atoms. The summed E-state index contributed by atoms with van der Waals surface area (Å²) >= 11 is 0. The number of nitrogens with one attached hydrogen (secondary N) is 1. The van der Waals surface area contributed by atoms with Gasteiger partial charge in [0.05, 0.1) is 6.34 Å². The average molecular weight is 379 g/mol. The second-order valence-corrected chi connectivity index (χ2v) is 7.15. The highest BCUT2D eigenvalue weighted by Crippen LogP contribution is 2.33. The van der Waals surface area contributed by atoms with Crippen LogP contribution >= 0.6 is 0 Å². The summed E-state index contributed by atoms with van der Waals surface area (Å²) < 4.78 is 0. The van der Waals surface area contributed by atoms with Gasteiger partial charge in [0, 0.05) is 31.9 Å². The monoisotopic (exact) mass is 379 g/mol. The van der Waals surface area contributed by atoms with Gasteiger partial charge >= 0.3 is 0 Å². The van der Waals surface area contributed by atoms with Gasteiger partial charge in [0.25, 0.3) is 11.8 Å². The molecule has 1 aliphatic heterocycles. The molecule has 0 saturated carbocycles. The Balaban J connectivity index is 1.87. The van der Waals surface area contributed by atoms with Crippen LogP contribution in [-0.4, -0.2) is 47.7 Å². The van der Waals surface area contributed by atoms with Crippen LogP contribution < -0.4 is 11.1 Å². The first-order valence-corrected chi connectivity index (χ1v) is 9.18. The van der Waals surface area contributed by atoms with Gasteiger partial charge in [0.2, 0.25) is 0 Å². The van der Waals surface area contributed by atoms with E-state index in [1.54, 1.807) is 18.1 Å². The number of aliphatic imine (C=N–C) groups is 1. The predicted octanol–water partition coefficient (Wildman–Crippen LogP) is 1.08. The fourth-order valence-corrected chi connectivity index (χ4v) is 3.62. The van der Waals surface area contributed by atoms with Crippen LogP contribution in [0, 0.1) is 13.8 Å². The van der Waals surface area contributed by atoms with Crippen molar-refractivity contribution in [1.29, 1.82) is 0 Å². The number of nitrogens with two attached hydrogens (primary N) is 1. The molecule has 0 bridgehead atoms. The summed E-state index contributed by atoms with van der Waals surface area (Å²) in [4.78, 5) is 35.9. The Morgan fingerprint density at radius 2 is 2.04 bits per heavy atom. The molecule has 2 amide bonds. The normalized spacial score (nSPS) is 20.6. The number of amides is 2. The summed E-state index contributed by atoms with van der Waals surface area (Å²) in [7, 11) is 1.70. The van der Waals surface area contributed by atoms with Crippen molar-refractivity contribution in [1.82, 2.24) is 15.2 Å². The zero-order chi connectivity index (χ0) is 20.3. The summed E-state index contributed by atoms with van der Waals surface area (Å²) in [6.07, 6.45) is 3.74. The fraction of sp³-hybridized carbons (Fsp3) is 0.333. The molecule has 1 aliphatic rings. The Bertz CT molecular complexity index is 912. The van der Waals surface area contributed by atoms with Crippen LogP contribution in [0.2, 0.25) is 0 Å². The third kappa shape index (κ3) is 3.47. The molecule has 3 rings (SSSR count). The minimum absolute atomic E-state index is 0.268. The molecule has 0 aliphatic carbocycles. The van der Waals surface area contributed by atoms with E-state index in [1.165, 1.54) is 6.34 Å². The summed E-state index contributed by atoms with van der Waals surface area (Å²) in [5, 5.41) is 2.98. The molecule has 2 unspecified atom stereocenters. The highest BCUT2D eigenvalue weighted by molar-refractivity contribution is 6.00. The van der Waals surface area contributed by atoms with Gasteiger partial charge in [-0.25, -0.2) is 0 Å². The van der Waals surface area contributed by atoms with Gasteiger partial charge in [-0.2, -0.15) is 0 Å². The highest BCUT2D eigenvalue weighted by Gasteiger charge is 2.53. The lowest BCUT2D eigenvalue weighted by molar-refractivity contribution is -0.137. The topological polar surface area (TPSA) is 101 Å².